The summed E-state index contributed by atoms with van der Waals surface area (Å²) in [5.74, 6) is -1.40. The number of benzene rings is 2. The van der Waals surface area contributed by atoms with Crippen molar-refractivity contribution in [2.45, 2.75) is 20.8 Å². The molecule has 0 aromatic heterocycles. The molecule has 2 aromatic rings. The fourth-order valence-corrected chi connectivity index (χ4v) is 3.77. The highest BCUT2D eigenvalue weighted by Gasteiger charge is 2.24. The van der Waals surface area contributed by atoms with E-state index in [1.54, 1.807) is 17.0 Å². The molecule has 26 heavy (non-hydrogen) atoms. The summed E-state index contributed by atoms with van der Waals surface area (Å²) in [6, 6.07) is 10.4. The molecule has 0 saturated carbocycles. The summed E-state index contributed by atoms with van der Waals surface area (Å²) in [7, 11) is 0. The van der Waals surface area contributed by atoms with E-state index in [-0.39, 0.29) is 11.5 Å². The lowest BCUT2D eigenvalue weighted by Crippen LogP contribution is -2.49. The van der Waals surface area contributed by atoms with Gasteiger partial charge < -0.3 is 19.7 Å². The zero-order chi connectivity index (χ0) is 18.8. The van der Waals surface area contributed by atoms with Crippen LogP contribution in [0, 0.1) is 20.8 Å². The first kappa shape index (κ1) is 18.0. The van der Waals surface area contributed by atoms with Crippen molar-refractivity contribution in [1.29, 1.82) is 0 Å². The number of nitrogens with zero attached hydrogens (tertiary/aromatic N) is 2. The van der Waals surface area contributed by atoms with Gasteiger partial charge in [-0.2, -0.15) is 0 Å². The molecule has 1 aliphatic rings. The second kappa shape index (κ2) is 7.20. The first-order valence-electron chi connectivity index (χ1n) is 8.80. The first-order chi connectivity index (χ1) is 12.4. The third-order valence-corrected chi connectivity index (χ3v) is 4.86. The van der Waals surface area contributed by atoms with Gasteiger partial charge in [-0.3, -0.25) is 4.79 Å². The number of carboxylic acids is 1. The van der Waals surface area contributed by atoms with Gasteiger partial charge in [0.25, 0.3) is 5.91 Å². The summed E-state index contributed by atoms with van der Waals surface area (Å²) >= 11 is 0. The minimum absolute atomic E-state index is 0.0281. The van der Waals surface area contributed by atoms with Crippen molar-refractivity contribution in [1.82, 2.24) is 4.90 Å². The SMILES string of the molecule is Cc1cc(C)c(N2CCN(C(=O)c3cccc(C(=O)[O-])c3)CC2)c(C)c1. The summed E-state index contributed by atoms with van der Waals surface area (Å²) in [5.41, 5.74) is 5.43. The average molecular weight is 351 g/mol. The van der Waals surface area contributed by atoms with Crippen LogP contribution in [0.4, 0.5) is 5.69 Å². The van der Waals surface area contributed by atoms with Crippen molar-refractivity contribution >= 4 is 17.6 Å². The predicted octanol–water partition coefficient (Wildman–Crippen LogP) is 1.94. The maximum Gasteiger partial charge on any atom is 0.253 e. The minimum atomic E-state index is -1.27. The summed E-state index contributed by atoms with van der Waals surface area (Å²) in [4.78, 5) is 27.8. The number of carbonyl (C=O) groups excluding carboxylic acids is 2. The quantitative estimate of drug-likeness (QED) is 0.848. The van der Waals surface area contributed by atoms with Gasteiger partial charge in [-0.1, -0.05) is 29.8 Å². The molecule has 0 atom stereocenters. The summed E-state index contributed by atoms with van der Waals surface area (Å²) in [6.07, 6.45) is 0. The molecule has 136 valence electrons. The number of carbonyl (C=O) groups is 2. The van der Waals surface area contributed by atoms with Gasteiger partial charge in [0.2, 0.25) is 0 Å². The van der Waals surface area contributed by atoms with E-state index in [1.165, 1.54) is 34.5 Å². The predicted molar refractivity (Wildman–Crippen MR) is 99.5 cm³/mol. The molecular formula is C21H23N2O3-. The number of carboxylic acid groups (broad SMARTS) is 1. The molecule has 5 heteroatoms. The van der Waals surface area contributed by atoms with Crippen molar-refractivity contribution in [3.05, 3.63) is 64.2 Å². The third kappa shape index (κ3) is 3.57. The van der Waals surface area contributed by atoms with Crippen molar-refractivity contribution in [2.75, 3.05) is 31.1 Å². The summed E-state index contributed by atoms with van der Waals surface area (Å²) in [6.45, 7) is 9.09. The molecule has 5 nitrogen and oxygen atoms in total. The Hall–Kier alpha value is -2.82. The number of amides is 1. The highest BCUT2D eigenvalue weighted by atomic mass is 16.4. The van der Waals surface area contributed by atoms with Gasteiger partial charge in [-0.05, 0) is 49.6 Å². The van der Waals surface area contributed by atoms with Crippen LogP contribution in [0.1, 0.15) is 37.4 Å². The lowest BCUT2D eigenvalue weighted by molar-refractivity contribution is -0.255. The number of anilines is 1. The molecule has 1 amide bonds. The normalized spacial score (nSPS) is 14.4. The molecule has 0 aliphatic carbocycles. The Balaban J connectivity index is 1.72. The van der Waals surface area contributed by atoms with E-state index in [0.29, 0.717) is 18.7 Å². The highest BCUT2D eigenvalue weighted by molar-refractivity contribution is 5.97. The van der Waals surface area contributed by atoms with Crippen LogP contribution in [-0.2, 0) is 0 Å². The first-order valence-corrected chi connectivity index (χ1v) is 8.80. The number of piperazine rings is 1. The largest absolute Gasteiger partial charge is 0.545 e. The molecule has 0 spiro atoms. The Labute approximate surface area is 153 Å². The van der Waals surface area contributed by atoms with Crippen LogP contribution >= 0.6 is 0 Å². The number of rotatable bonds is 3. The Kier molecular flexibility index (Phi) is 4.98. The van der Waals surface area contributed by atoms with Crippen LogP contribution < -0.4 is 10.0 Å². The van der Waals surface area contributed by atoms with Gasteiger partial charge in [-0.15, -0.1) is 0 Å². The Morgan fingerprint density at radius 3 is 2.04 bits per heavy atom. The lowest BCUT2D eigenvalue weighted by Gasteiger charge is -2.37. The van der Waals surface area contributed by atoms with E-state index in [9.17, 15) is 14.7 Å². The molecule has 0 unspecified atom stereocenters. The number of hydrogen-bond donors (Lipinski definition) is 0. The van der Waals surface area contributed by atoms with Crippen LogP contribution in [0.25, 0.3) is 0 Å². The second-order valence-corrected chi connectivity index (χ2v) is 6.89. The van der Waals surface area contributed by atoms with Crippen LogP contribution in [0.3, 0.4) is 0 Å². The highest BCUT2D eigenvalue weighted by Crippen LogP contribution is 2.27. The average Bonchev–Trinajstić information content (AvgIpc) is 2.61. The minimum Gasteiger partial charge on any atom is -0.545 e. The molecule has 0 radical (unpaired) electrons. The maximum absolute atomic E-state index is 12.7. The maximum atomic E-state index is 12.7. The fourth-order valence-electron chi connectivity index (χ4n) is 3.77. The zero-order valence-electron chi connectivity index (χ0n) is 15.4. The standard InChI is InChI=1S/C21H24N2O3/c1-14-11-15(2)19(16(3)12-14)22-7-9-23(10-8-22)20(24)17-5-4-6-18(13-17)21(25)26/h4-6,11-13H,7-10H2,1-3H3,(H,25,26)/p-1. The lowest BCUT2D eigenvalue weighted by atomic mass is 10.0. The monoisotopic (exact) mass is 351 g/mol. The molecule has 3 rings (SSSR count). The van der Waals surface area contributed by atoms with E-state index in [4.69, 9.17) is 0 Å². The Morgan fingerprint density at radius 2 is 1.46 bits per heavy atom. The smallest absolute Gasteiger partial charge is 0.253 e. The molecule has 2 aromatic carbocycles. The third-order valence-electron chi connectivity index (χ3n) is 4.86. The van der Waals surface area contributed by atoms with Crippen LogP contribution in [0.2, 0.25) is 0 Å². The van der Waals surface area contributed by atoms with E-state index >= 15 is 0 Å². The molecule has 1 saturated heterocycles. The number of aryl methyl sites for hydroxylation is 3. The van der Waals surface area contributed by atoms with Gasteiger partial charge in [0.1, 0.15) is 0 Å². The molecular weight excluding hydrogens is 328 g/mol. The van der Waals surface area contributed by atoms with Crippen molar-refractivity contribution in [3.63, 3.8) is 0 Å². The summed E-state index contributed by atoms with van der Waals surface area (Å²) < 4.78 is 0. The molecule has 0 N–H and O–H groups in total. The Bertz CT molecular complexity index is 829. The van der Waals surface area contributed by atoms with Gasteiger partial charge in [-0.25, -0.2) is 0 Å². The van der Waals surface area contributed by atoms with Gasteiger partial charge in [0.05, 0.1) is 5.97 Å². The van der Waals surface area contributed by atoms with Gasteiger partial charge in [0.15, 0.2) is 0 Å². The number of aromatic carboxylic acids is 1. The van der Waals surface area contributed by atoms with Gasteiger partial charge in [0, 0.05) is 37.4 Å². The zero-order valence-corrected chi connectivity index (χ0v) is 15.4. The van der Waals surface area contributed by atoms with Crippen LogP contribution in [0.5, 0.6) is 0 Å². The second-order valence-electron chi connectivity index (χ2n) is 6.89. The van der Waals surface area contributed by atoms with Crippen LogP contribution in [-0.4, -0.2) is 43.0 Å². The topological polar surface area (TPSA) is 63.7 Å². The Morgan fingerprint density at radius 1 is 0.885 bits per heavy atom. The van der Waals surface area contributed by atoms with Crippen molar-refractivity contribution in [2.24, 2.45) is 0 Å². The van der Waals surface area contributed by atoms with Crippen LogP contribution in [0.15, 0.2) is 36.4 Å². The van der Waals surface area contributed by atoms with Gasteiger partial charge >= 0.3 is 0 Å². The van der Waals surface area contributed by atoms with E-state index in [0.717, 1.165) is 13.1 Å². The molecule has 1 heterocycles. The molecule has 0 bridgehead atoms. The summed E-state index contributed by atoms with van der Waals surface area (Å²) in [5, 5.41) is 11.0. The van der Waals surface area contributed by atoms with Crippen molar-refractivity contribution in [3.8, 4) is 0 Å². The molecule has 1 fully saturated rings. The van der Waals surface area contributed by atoms with E-state index in [1.807, 2.05) is 0 Å². The van der Waals surface area contributed by atoms with Crippen molar-refractivity contribution < 1.29 is 14.7 Å². The number of hydrogen-bond acceptors (Lipinski definition) is 4. The van der Waals surface area contributed by atoms with E-state index < -0.39 is 5.97 Å². The molecule has 1 aliphatic heterocycles. The van der Waals surface area contributed by atoms with E-state index in [2.05, 4.69) is 37.8 Å². The fraction of sp³-hybridized carbons (Fsp3) is 0.333.